The Morgan fingerprint density at radius 3 is 2.07 bits per heavy atom. The van der Waals surface area contributed by atoms with Gasteiger partial charge in [0.25, 0.3) is 5.91 Å². The van der Waals surface area contributed by atoms with Crippen LogP contribution in [0, 0.1) is 0 Å². The van der Waals surface area contributed by atoms with Crippen LogP contribution in [0.25, 0.3) is 0 Å². The van der Waals surface area contributed by atoms with E-state index in [-0.39, 0.29) is 5.56 Å². The number of nitrogens with two attached hydrogens (primary N) is 1. The molecule has 0 saturated carbocycles. The molecular formula is C22H19NO4. The van der Waals surface area contributed by atoms with Gasteiger partial charge in [-0.15, -0.1) is 0 Å². The summed E-state index contributed by atoms with van der Waals surface area (Å²) in [5.41, 5.74) is 7.14. The van der Waals surface area contributed by atoms with Crippen molar-refractivity contribution in [3.05, 3.63) is 102 Å². The second kappa shape index (κ2) is 8.67. The number of benzene rings is 3. The van der Waals surface area contributed by atoms with Gasteiger partial charge in [-0.05, 0) is 17.7 Å². The Bertz CT molecular complexity index is 910. The van der Waals surface area contributed by atoms with Crippen LogP contribution >= 0.6 is 0 Å². The molecule has 0 saturated heterocycles. The minimum absolute atomic E-state index is 0.232. The van der Waals surface area contributed by atoms with Crippen molar-refractivity contribution in [2.24, 2.45) is 5.73 Å². The molecule has 0 radical (unpaired) electrons. The number of carbonyl (C=O) groups is 2. The van der Waals surface area contributed by atoms with Gasteiger partial charge in [0.05, 0.1) is 0 Å². The summed E-state index contributed by atoms with van der Waals surface area (Å²) in [4.78, 5) is 24.4. The lowest BCUT2D eigenvalue weighted by atomic mass is 10.1. The summed E-state index contributed by atoms with van der Waals surface area (Å²) in [5.74, 6) is -1.04. The van der Waals surface area contributed by atoms with Gasteiger partial charge in [0.15, 0.2) is 0 Å². The third-order valence-corrected chi connectivity index (χ3v) is 3.93. The van der Waals surface area contributed by atoms with Crippen molar-refractivity contribution in [1.82, 2.24) is 0 Å². The fourth-order valence-corrected chi connectivity index (χ4v) is 2.59. The van der Waals surface area contributed by atoms with Gasteiger partial charge in [-0.1, -0.05) is 72.8 Å². The molecule has 0 spiro atoms. The minimum Gasteiger partial charge on any atom is -0.488 e. The van der Waals surface area contributed by atoms with E-state index in [2.05, 4.69) is 0 Å². The van der Waals surface area contributed by atoms with E-state index in [9.17, 15) is 9.59 Å². The lowest BCUT2D eigenvalue weighted by molar-refractivity contribution is -0.127. The molecule has 0 heterocycles. The molecule has 1 amide bonds. The molecule has 136 valence electrons. The van der Waals surface area contributed by atoms with Gasteiger partial charge in [-0.3, -0.25) is 4.79 Å². The average Bonchev–Trinajstić information content (AvgIpc) is 2.71. The van der Waals surface area contributed by atoms with E-state index in [0.717, 1.165) is 5.56 Å². The summed E-state index contributed by atoms with van der Waals surface area (Å²) in [6.45, 7) is 0.309. The van der Waals surface area contributed by atoms with Gasteiger partial charge in [0, 0.05) is 5.56 Å². The number of hydrogen-bond acceptors (Lipinski definition) is 4. The zero-order chi connectivity index (χ0) is 19.1. The molecule has 3 rings (SSSR count). The normalized spacial score (nSPS) is 11.4. The van der Waals surface area contributed by atoms with E-state index < -0.39 is 18.0 Å². The molecule has 5 heteroatoms. The first kappa shape index (κ1) is 18.2. The number of rotatable bonds is 7. The van der Waals surface area contributed by atoms with Crippen molar-refractivity contribution in [1.29, 1.82) is 0 Å². The van der Waals surface area contributed by atoms with Crippen molar-refractivity contribution < 1.29 is 19.1 Å². The topological polar surface area (TPSA) is 78.6 Å². The Balaban J connectivity index is 1.77. The molecular weight excluding hydrogens is 342 g/mol. The van der Waals surface area contributed by atoms with E-state index in [4.69, 9.17) is 15.2 Å². The first-order valence-corrected chi connectivity index (χ1v) is 8.46. The monoisotopic (exact) mass is 361 g/mol. The summed E-state index contributed by atoms with van der Waals surface area (Å²) in [5, 5.41) is 0. The van der Waals surface area contributed by atoms with Crippen LogP contribution in [0.3, 0.4) is 0 Å². The van der Waals surface area contributed by atoms with Crippen LogP contribution in [0.4, 0.5) is 0 Å². The van der Waals surface area contributed by atoms with Gasteiger partial charge in [0.1, 0.15) is 17.9 Å². The van der Waals surface area contributed by atoms with Gasteiger partial charge in [-0.25, -0.2) is 4.79 Å². The maximum atomic E-state index is 12.7. The number of hydrogen-bond donors (Lipinski definition) is 1. The Kier molecular flexibility index (Phi) is 5.84. The van der Waals surface area contributed by atoms with Crippen LogP contribution in [0.2, 0.25) is 0 Å². The predicted octanol–water partition coefficient (Wildman–Crippen LogP) is 3.65. The van der Waals surface area contributed by atoms with Crippen molar-refractivity contribution in [2.45, 2.75) is 12.7 Å². The first-order chi connectivity index (χ1) is 13.1. The quantitative estimate of drug-likeness (QED) is 0.652. The molecule has 3 aromatic carbocycles. The number of carbonyl (C=O) groups excluding carboxylic acids is 2. The molecule has 5 nitrogen and oxygen atoms in total. The molecule has 0 fully saturated rings. The number of primary amides is 1. The maximum Gasteiger partial charge on any atom is 0.343 e. The Hall–Kier alpha value is -3.60. The molecule has 3 aromatic rings. The lowest BCUT2D eigenvalue weighted by Gasteiger charge is -2.16. The Labute approximate surface area is 157 Å². The van der Waals surface area contributed by atoms with Gasteiger partial charge < -0.3 is 15.2 Å². The second-order valence-corrected chi connectivity index (χ2v) is 5.87. The highest BCUT2D eigenvalue weighted by molar-refractivity contribution is 5.94. The smallest absolute Gasteiger partial charge is 0.343 e. The molecule has 0 bridgehead atoms. The van der Waals surface area contributed by atoms with E-state index >= 15 is 0 Å². The number of ether oxygens (including phenoxy) is 2. The van der Waals surface area contributed by atoms with Gasteiger partial charge in [-0.2, -0.15) is 0 Å². The standard InChI is InChI=1S/C22H19NO4/c23-21(24)20(17-11-5-2-6-12-17)27-22(25)18-13-7-8-14-19(18)26-15-16-9-3-1-4-10-16/h1-14,20H,15H2,(H2,23,24). The van der Waals surface area contributed by atoms with Crippen LogP contribution in [0.15, 0.2) is 84.9 Å². The summed E-state index contributed by atoms with van der Waals surface area (Å²) in [6.07, 6.45) is -1.17. The zero-order valence-corrected chi connectivity index (χ0v) is 14.6. The van der Waals surface area contributed by atoms with Crippen LogP contribution in [-0.2, 0) is 16.1 Å². The Morgan fingerprint density at radius 1 is 0.815 bits per heavy atom. The first-order valence-electron chi connectivity index (χ1n) is 8.46. The SMILES string of the molecule is NC(=O)C(OC(=O)c1ccccc1OCc1ccccc1)c1ccccc1. The van der Waals surface area contributed by atoms with Gasteiger partial charge in [0.2, 0.25) is 6.10 Å². The molecule has 2 N–H and O–H groups in total. The van der Waals surface area contributed by atoms with E-state index in [0.29, 0.717) is 17.9 Å². The summed E-state index contributed by atoms with van der Waals surface area (Å²) >= 11 is 0. The predicted molar refractivity (Wildman–Crippen MR) is 101 cm³/mol. The van der Waals surface area contributed by atoms with E-state index in [1.165, 1.54) is 0 Å². The molecule has 1 atom stereocenters. The molecule has 0 aliphatic heterocycles. The summed E-state index contributed by atoms with van der Waals surface area (Å²) < 4.78 is 11.2. The van der Waals surface area contributed by atoms with Crippen LogP contribution < -0.4 is 10.5 Å². The number of amides is 1. The highest BCUT2D eigenvalue weighted by Crippen LogP contribution is 2.24. The zero-order valence-electron chi connectivity index (χ0n) is 14.6. The maximum absolute atomic E-state index is 12.7. The number of esters is 1. The fraction of sp³-hybridized carbons (Fsp3) is 0.0909. The third-order valence-electron chi connectivity index (χ3n) is 3.93. The summed E-state index contributed by atoms with van der Waals surface area (Å²) in [6, 6.07) is 25.0. The highest BCUT2D eigenvalue weighted by atomic mass is 16.6. The van der Waals surface area contributed by atoms with Crippen LogP contribution in [0.5, 0.6) is 5.75 Å². The van der Waals surface area contributed by atoms with Crippen LogP contribution in [0.1, 0.15) is 27.6 Å². The van der Waals surface area contributed by atoms with Crippen molar-refractivity contribution in [2.75, 3.05) is 0 Å². The van der Waals surface area contributed by atoms with Crippen molar-refractivity contribution in [3.63, 3.8) is 0 Å². The third kappa shape index (κ3) is 4.73. The molecule has 27 heavy (non-hydrogen) atoms. The highest BCUT2D eigenvalue weighted by Gasteiger charge is 2.24. The van der Waals surface area contributed by atoms with E-state index in [1.807, 2.05) is 30.3 Å². The Morgan fingerprint density at radius 2 is 1.41 bits per heavy atom. The fourth-order valence-electron chi connectivity index (χ4n) is 2.59. The molecule has 0 aliphatic carbocycles. The van der Waals surface area contributed by atoms with Crippen LogP contribution in [-0.4, -0.2) is 11.9 Å². The second-order valence-electron chi connectivity index (χ2n) is 5.87. The average molecular weight is 361 g/mol. The lowest BCUT2D eigenvalue weighted by Crippen LogP contribution is -2.26. The van der Waals surface area contributed by atoms with Crippen molar-refractivity contribution in [3.8, 4) is 5.75 Å². The summed E-state index contributed by atoms with van der Waals surface area (Å²) in [7, 11) is 0. The molecule has 1 unspecified atom stereocenters. The van der Waals surface area contributed by atoms with Gasteiger partial charge >= 0.3 is 5.97 Å². The van der Waals surface area contributed by atoms with Crippen molar-refractivity contribution >= 4 is 11.9 Å². The number of para-hydroxylation sites is 1. The largest absolute Gasteiger partial charge is 0.488 e. The van der Waals surface area contributed by atoms with E-state index in [1.54, 1.807) is 54.6 Å². The molecule has 0 aliphatic rings. The molecule has 0 aromatic heterocycles. The minimum atomic E-state index is -1.17.